The molecule has 34 heavy (non-hydrogen) atoms. The van der Waals surface area contributed by atoms with E-state index >= 15 is 0 Å². The number of unbranched alkanes of at least 4 members (excludes halogenated alkanes) is 2. The number of nitrogens with zero attached hydrogens (tertiary/aromatic N) is 4. The summed E-state index contributed by atoms with van der Waals surface area (Å²) in [6.45, 7) is 2.13. The highest BCUT2D eigenvalue weighted by molar-refractivity contribution is 8.01. The fraction of sp³-hybridized carbons (Fsp3) is 0.409. The van der Waals surface area contributed by atoms with E-state index in [2.05, 4.69) is 51.0 Å². The standard InChI is InChI=1S/C20H24N4S4.C2H2O4/c1-24-11-7-8-15(14-24)18-19(23-28-22-18)25-12-5-2-6-13-26-20-21-16-9-3-4-10-17(16)27-20;3-1(4)2(5)6/h3-4,8-10H,2,5-7,11-14H2,1H3;(H,3,4)(H,5,6). The molecule has 0 atom stereocenters. The van der Waals surface area contributed by atoms with Crippen LogP contribution in [0, 0.1) is 0 Å². The number of carbonyl (C=O) groups is 2. The molecule has 0 unspecified atom stereocenters. The lowest BCUT2D eigenvalue weighted by atomic mass is 10.1. The van der Waals surface area contributed by atoms with Gasteiger partial charge in [-0.05, 0) is 49.8 Å². The van der Waals surface area contributed by atoms with Crippen LogP contribution in [0.5, 0.6) is 0 Å². The molecular formula is C22H26N4O4S4. The molecule has 4 rings (SSSR count). The number of thiazole rings is 1. The van der Waals surface area contributed by atoms with Gasteiger partial charge < -0.3 is 15.1 Å². The molecule has 1 aliphatic heterocycles. The highest BCUT2D eigenvalue weighted by atomic mass is 32.2. The molecular weight excluding hydrogens is 513 g/mol. The van der Waals surface area contributed by atoms with E-state index in [1.165, 1.54) is 45.6 Å². The Kier molecular flexibility index (Phi) is 10.8. The summed E-state index contributed by atoms with van der Waals surface area (Å²) in [7, 11) is 2.17. The van der Waals surface area contributed by atoms with Crippen molar-refractivity contribution >= 4 is 74.3 Å². The summed E-state index contributed by atoms with van der Waals surface area (Å²) in [5.41, 5.74) is 3.59. The predicted octanol–water partition coefficient (Wildman–Crippen LogP) is 5.08. The van der Waals surface area contributed by atoms with Gasteiger partial charge in [0.05, 0.1) is 21.9 Å². The summed E-state index contributed by atoms with van der Waals surface area (Å²) < 4.78 is 11.6. The second-order valence-corrected chi connectivity index (χ2v) is 11.5. The van der Waals surface area contributed by atoms with Crippen LogP contribution in [0.3, 0.4) is 0 Å². The van der Waals surface area contributed by atoms with Crippen LogP contribution in [0.15, 0.2) is 39.7 Å². The fourth-order valence-electron chi connectivity index (χ4n) is 3.16. The topological polar surface area (TPSA) is 117 Å². The number of carboxylic acid groups (broad SMARTS) is 2. The average molecular weight is 539 g/mol. The van der Waals surface area contributed by atoms with Gasteiger partial charge in [-0.25, -0.2) is 14.6 Å². The molecule has 0 bridgehead atoms. The van der Waals surface area contributed by atoms with Gasteiger partial charge in [0.2, 0.25) is 0 Å². The average Bonchev–Trinajstić information content (AvgIpc) is 3.45. The van der Waals surface area contributed by atoms with Crippen molar-refractivity contribution < 1.29 is 19.8 Å². The van der Waals surface area contributed by atoms with E-state index in [0.29, 0.717) is 0 Å². The van der Waals surface area contributed by atoms with Crippen LogP contribution in [0.2, 0.25) is 0 Å². The van der Waals surface area contributed by atoms with Crippen molar-refractivity contribution in [2.75, 3.05) is 31.6 Å². The molecule has 0 spiro atoms. The van der Waals surface area contributed by atoms with Gasteiger partial charge >= 0.3 is 11.9 Å². The maximum absolute atomic E-state index is 9.10. The Morgan fingerprint density at radius 3 is 2.50 bits per heavy atom. The Morgan fingerprint density at radius 1 is 1.06 bits per heavy atom. The zero-order chi connectivity index (χ0) is 24.3. The molecule has 0 fully saturated rings. The van der Waals surface area contributed by atoms with Gasteiger partial charge in [-0.3, -0.25) is 0 Å². The maximum atomic E-state index is 9.10. The largest absolute Gasteiger partial charge is 0.473 e. The van der Waals surface area contributed by atoms with Crippen molar-refractivity contribution in [3.63, 3.8) is 0 Å². The number of hydrogen-bond acceptors (Lipinski definition) is 10. The quantitative estimate of drug-likeness (QED) is 0.217. The molecule has 8 nitrogen and oxygen atoms in total. The number of carboxylic acids is 2. The Bertz CT molecular complexity index is 1090. The normalized spacial score (nSPS) is 13.9. The summed E-state index contributed by atoms with van der Waals surface area (Å²) >= 11 is 6.90. The third-order valence-corrected chi connectivity index (χ3v) is 8.78. The van der Waals surface area contributed by atoms with Gasteiger partial charge in [-0.2, -0.15) is 8.75 Å². The lowest BCUT2D eigenvalue weighted by Gasteiger charge is -2.22. The van der Waals surface area contributed by atoms with Crippen LogP contribution >= 0.6 is 46.6 Å². The second-order valence-electron chi connectivity index (χ2n) is 7.49. The van der Waals surface area contributed by atoms with Gasteiger partial charge in [0.1, 0.15) is 10.7 Å². The minimum absolute atomic E-state index is 0.988. The molecule has 2 aromatic heterocycles. The molecule has 182 valence electrons. The van der Waals surface area contributed by atoms with Gasteiger partial charge in [0, 0.05) is 18.8 Å². The van der Waals surface area contributed by atoms with E-state index in [1.54, 1.807) is 11.3 Å². The summed E-state index contributed by atoms with van der Waals surface area (Å²) in [6.07, 6.45) is 7.16. The first-order valence-electron chi connectivity index (χ1n) is 10.7. The maximum Gasteiger partial charge on any atom is 0.414 e. The fourth-order valence-corrected chi connectivity index (χ4v) is 7.01. The van der Waals surface area contributed by atoms with Crippen LogP contribution in [-0.2, 0) is 9.59 Å². The van der Waals surface area contributed by atoms with E-state index in [9.17, 15) is 0 Å². The smallest absolute Gasteiger partial charge is 0.414 e. The Balaban J connectivity index is 0.000000481. The second kappa shape index (κ2) is 13.8. The lowest BCUT2D eigenvalue weighted by Crippen LogP contribution is -2.25. The van der Waals surface area contributed by atoms with E-state index in [0.717, 1.165) is 47.3 Å². The molecule has 12 heteroatoms. The molecule has 1 aliphatic rings. The van der Waals surface area contributed by atoms with E-state index < -0.39 is 11.9 Å². The number of para-hydroxylation sites is 1. The van der Waals surface area contributed by atoms with Gasteiger partial charge in [0.25, 0.3) is 0 Å². The molecule has 0 saturated heterocycles. The van der Waals surface area contributed by atoms with Crippen molar-refractivity contribution in [1.82, 2.24) is 18.6 Å². The Morgan fingerprint density at radius 2 is 1.79 bits per heavy atom. The van der Waals surface area contributed by atoms with Gasteiger partial charge in [-0.15, -0.1) is 23.1 Å². The number of hydrogen-bond donors (Lipinski definition) is 2. The Labute approximate surface area is 214 Å². The number of fused-ring (bicyclic) bond motifs is 1. The van der Waals surface area contributed by atoms with Crippen molar-refractivity contribution in [2.45, 2.75) is 35.0 Å². The predicted molar refractivity (Wildman–Crippen MR) is 140 cm³/mol. The monoisotopic (exact) mass is 538 g/mol. The number of aromatic nitrogens is 3. The number of aliphatic carboxylic acids is 2. The zero-order valence-electron chi connectivity index (χ0n) is 18.7. The minimum Gasteiger partial charge on any atom is -0.473 e. The third kappa shape index (κ3) is 8.35. The summed E-state index contributed by atoms with van der Waals surface area (Å²) in [4.78, 5) is 25.2. The minimum atomic E-state index is -1.82. The molecule has 0 radical (unpaired) electrons. The summed E-state index contributed by atoms with van der Waals surface area (Å²) in [5, 5.41) is 15.9. The first kappa shape index (κ1) is 26.6. The number of likely N-dealkylation sites (N-methyl/N-ethyl adjacent to an activating group) is 1. The summed E-state index contributed by atoms with van der Waals surface area (Å²) in [5.74, 6) is -1.38. The lowest BCUT2D eigenvalue weighted by molar-refractivity contribution is -0.159. The van der Waals surface area contributed by atoms with Crippen LogP contribution < -0.4 is 0 Å². The first-order valence-corrected chi connectivity index (χ1v) is 14.2. The van der Waals surface area contributed by atoms with Gasteiger partial charge in [-0.1, -0.05) is 36.4 Å². The summed E-state index contributed by atoms with van der Waals surface area (Å²) in [6, 6.07) is 8.38. The van der Waals surface area contributed by atoms with Crippen molar-refractivity contribution in [1.29, 1.82) is 0 Å². The molecule has 0 saturated carbocycles. The van der Waals surface area contributed by atoms with Crippen LogP contribution in [0.1, 0.15) is 31.4 Å². The zero-order valence-corrected chi connectivity index (χ0v) is 21.9. The van der Waals surface area contributed by atoms with Crippen LogP contribution in [0.25, 0.3) is 15.8 Å². The highest BCUT2D eigenvalue weighted by Crippen LogP contribution is 2.31. The molecule has 2 N–H and O–H groups in total. The van der Waals surface area contributed by atoms with Crippen molar-refractivity contribution in [3.8, 4) is 0 Å². The van der Waals surface area contributed by atoms with E-state index in [4.69, 9.17) is 24.8 Å². The molecule has 0 aliphatic carbocycles. The van der Waals surface area contributed by atoms with Crippen LogP contribution in [-0.4, -0.2) is 72.4 Å². The first-order chi connectivity index (χ1) is 16.4. The van der Waals surface area contributed by atoms with Crippen LogP contribution in [0.4, 0.5) is 0 Å². The van der Waals surface area contributed by atoms with Gasteiger partial charge in [0.15, 0.2) is 4.34 Å². The number of rotatable bonds is 9. The number of benzene rings is 1. The van der Waals surface area contributed by atoms with E-state index in [-0.39, 0.29) is 0 Å². The Hall–Kier alpha value is -1.99. The molecule has 1 aromatic carbocycles. The highest BCUT2D eigenvalue weighted by Gasteiger charge is 2.17. The SMILES string of the molecule is CN1CCC=C(c2nsnc2SCCCCCSc2nc3ccccc3s2)C1.O=C(O)C(=O)O. The number of thioether (sulfide) groups is 2. The van der Waals surface area contributed by atoms with Crippen molar-refractivity contribution in [3.05, 3.63) is 36.0 Å². The van der Waals surface area contributed by atoms with E-state index in [1.807, 2.05) is 23.5 Å². The van der Waals surface area contributed by atoms with Crippen molar-refractivity contribution in [2.24, 2.45) is 0 Å². The molecule has 3 aromatic rings. The molecule has 0 amide bonds. The third-order valence-electron chi connectivity index (χ3n) is 4.81. The molecule has 3 heterocycles.